The van der Waals surface area contributed by atoms with Crippen molar-refractivity contribution in [3.63, 3.8) is 0 Å². The van der Waals surface area contributed by atoms with Crippen molar-refractivity contribution in [1.82, 2.24) is 14.5 Å². The Hall–Kier alpha value is -6.62. The predicted molar refractivity (Wildman–Crippen MR) is 247 cm³/mol. The summed E-state index contributed by atoms with van der Waals surface area (Å²) in [5, 5.41) is 11.2. The highest BCUT2D eigenvalue weighted by Gasteiger charge is 2.36. The number of thiophene rings is 1. The number of fused-ring (bicyclic) bond motifs is 19. The zero-order valence-electron chi connectivity index (χ0n) is 32.5. The fourth-order valence-corrected chi connectivity index (χ4v) is 12.0. The molecule has 13 rings (SSSR count). The van der Waals surface area contributed by atoms with Crippen LogP contribution in [0.1, 0.15) is 43.0 Å². The molecular weight excluding hydrogens is 723 g/mol. The van der Waals surface area contributed by atoms with Crippen molar-refractivity contribution in [2.75, 3.05) is 0 Å². The minimum Gasteiger partial charge on any atom is -0.276 e. The minimum atomic E-state index is -0.144. The van der Waals surface area contributed by atoms with E-state index in [1.807, 2.05) is 11.3 Å². The van der Waals surface area contributed by atoms with E-state index in [4.69, 9.17) is 9.97 Å². The zero-order valence-corrected chi connectivity index (χ0v) is 33.3. The van der Waals surface area contributed by atoms with Crippen LogP contribution in [0.5, 0.6) is 0 Å². The Labute approximate surface area is 339 Å². The molecule has 0 bridgehead atoms. The minimum absolute atomic E-state index is 0.144. The van der Waals surface area contributed by atoms with Crippen molar-refractivity contribution in [2.45, 2.75) is 32.6 Å². The summed E-state index contributed by atoms with van der Waals surface area (Å²) in [6.07, 6.45) is 5.68. The average molecular weight is 760 g/mol. The topological polar surface area (TPSA) is 30.7 Å². The van der Waals surface area contributed by atoms with Crippen LogP contribution in [0.4, 0.5) is 0 Å². The number of para-hydroxylation sites is 1. The van der Waals surface area contributed by atoms with E-state index in [-0.39, 0.29) is 5.41 Å². The number of hydrogen-bond acceptors (Lipinski definition) is 3. The second kappa shape index (κ2) is 11.5. The molecule has 58 heavy (non-hydrogen) atoms. The van der Waals surface area contributed by atoms with Crippen molar-refractivity contribution in [2.24, 2.45) is 5.92 Å². The van der Waals surface area contributed by atoms with Gasteiger partial charge in [-0.25, -0.2) is 9.97 Å². The van der Waals surface area contributed by atoms with E-state index in [9.17, 15) is 0 Å². The lowest BCUT2D eigenvalue weighted by molar-refractivity contribution is 0.660. The largest absolute Gasteiger partial charge is 0.276 e. The number of nitrogens with zero attached hydrogens (tertiary/aromatic N) is 3. The van der Waals surface area contributed by atoms with E-state index in [2.05, 4.69) is 177 Å². The van der Waals surface area contributed by atoms with E-state index in [1.165, 1.54) is 91.4 Å². The molecule has 0 saturated heterocycles. The molecular formula is C54H37N3S. The van der Waals surface area contributed by atoms with Gasteiger partial charge in [-0.15, -0.1) is 11.3 Å². The van der Waals surface area contributed by atoms with Crippen LogP contribution < -0.4 is 0 Å². The van der Waals surface area contributed by atoms with Crippen LogP contribution in [-0.4, -0.2) is 14.5 Å². The predicted octanol–water partition coefficient (Wildman–Crippen LogP) is 14.6. The average Bonchev–Trinajstić information content (AvgIpc) is 3.90. The maximum Gasteiger partial charge on any atom is 0.235 e. The van der Waals surface area contributed by atoms with Gasteiger partial charge in [-0.05, 0) is 79.9 Å². The van der Waals surface area contributed by atoms with Crippen molar-refractivity contribution < 1.29 is 0 Å². The monoisotopic (exact) mass is 759 g/mol. The van der Waals surface area contributed by atoms with Gasteiger partial charge in [0.05, 0.1) is 26.9 Å². The molecule has 11 aromatic rings. The Bertz CT molecular complexity index is 3650. The van der Waals surface area contributed by atoms with E-state index in [1.54, 1.807) is 0 Å². The van der Waals surface area contributed by atoms with Crippen LogP contribution in [0.15, 0.2) is 146 Å². The Balaban J connectivity index is 1.22. The maximum atomic E-state index is 5.82. The first-order valence-corrected chi connectivity index (χ1v) is 21.2. The smallest absolute Gasteiger partial charge is 0.235 e. The van der Waals surface area contributed by atoms with Crippen LogP contribution in [0.25, 0.3) is 109 Å². The van der Waals surface area contributed by atoms with E-state index >= 15 is 0 Å². The molecule has 8 aromatic carbocycles. The van der Waals surface area contributed by atoms with Crippen LogP contribution in [0.3, 0.4) is 0 Å². The molecule has 0 aliphatic heterocycles. The summed E-state index contributed by atoms with van der Waals surface area (Å²) in [5.41, 5.74) is 13.2. The molecule has 0 amide bonds. The summed E-state index contributed by atoms with van der Waals surface area (Å²) in [7, 11) is 0. The van der Waals surface area contributed by atoms with Crippen LogP contribution >= 0.6 is 11.3 Å². The van der Waals surface area contributed by atoms with Gasteiger partial charge in [0.25, 0.3) is 0 Å². The van der Waals surface area contributed by atoms with Gasteiger partial charge in [0.2, 0.25) is 5.95 Å². The Morgan fingerprint density at radius 1 is 0.621 bits per heavy atom. The first-order chi connectivity index (χ1) is 28.5. The molecule has 274 valence electrons. The number of allylic oxidation sites excluding steroid dienone is 1. The van der Waals surface area contributed by atoms with Gasteiger partial charge >= 0.3 is 0 Å². The Morgan fingerprint density at radius 3 is 2.10 bits per heavy atom. The maximum absolute atomic E-state index is 5.82. The third kappa shape index (κ3) is 4.18. The standard InChI is InChI=1S/C54H37N3S/c1-30-24-26-38-41(28-30)32-14-4-5-16-35(32)48-49(31-25-27-34-33-15-8-11-21-42(33)54(2,3)43(34)29-31)55-53(56-50(38)48)57-44-22-12-9-19-39(44)46-36-17-6-7-18-37(36)47-40-20-10-13-23-45(40)58-52(47)51(46)57/h4-27,29-30H,28H2,1-3H3. The summed E-state index contributed by atoms with van der Waals surface area (Å²) in [6.45, 7) is 7.04. The second-order valence-corrected chi connectivity index (χ2v) is 18.0. The molecule has 0 fully saturated rings. The fourth-order valence-electron chi connectivity index (χ4n) is 10.7. The highest BCUT2D eigenvalue weighted by molar-refractivity contribution is 7.27. The van der Waals surface area contributed by atoms with Crippen molar-refractivity contribution >= 4 is 91.8 Å². The zero-order chi connectivity index (χ0) is 38.4. The molecule has 0 spiro atoms. The van der Waals surface area contributed by atoms with Gasteiger partial charge in [0.1, 0.15) is 0 Å². The molecule has 0 radical (unpaired) electrons. The molecule has 0 N–H and O–H groups in total. The number of hydrogen-bond donors (Lipinski definition) is 0. The lowest BCUT2D eigenvalue weighted by Gasteiger charge is -2.23. The summed E-state index contributed by atoms with van der Waals surface area (Å²) in [5.74, 6) is 1.15. The second-order valence-electron chi connectivity index (χ2n) is 16.9. The summed E-state index contributed by atoms with van der Waals surface area (Å²) < 4.78 is 4.94. The van der Waals surface area contributed by atoms with E-state index in [0.29, 0.717) is 11.9 Å². The molecule has 2 aliphatic rings. The third-order valence-corrected chi connectivity index (χ3v) is 14.5. The van der Waals surface area contributed by atoms with Crippen LogP contribution in [-0.2, 0) is 11.8 Å². The van der Waals surface area contributed by atoms with Crippen molar-refractivity contribution in [3.05, 3.63) is 168 Å². The SMILES string of the molecule is CC1C=Cc2c(c3ccccc3c3c(-c4ccc5c(c4)C(C)(C)c4ccccc4-5)nc(-n4c5ccccc5c5c6ccccc6c6c7ccccc7sc6c54)nc23)C1. The number of rotatable bonds is 2. The quantitative estimate of drug-likeness (QED) is 0.164. The molecule has 1 unspecified atom stereocenters. The third-order valence-electron chi connectivity index (χ3n) is 13.3. The van der Waals surface area contributed by atoms with E-state index < -0.39 is 0 Å². The highest BCUT2D eigenvalue weighted by atomic mass is 32.1. The molecule has 2 aliphatic carbocycles. The van der Waals surface area contributed by atoms with Gasteiger partial charge in [-0.2, -0.15) is 0 Å². The molecule has 3 nitrogen and oxygen atoms in total. The molecule has 4 heteroatoms. The van der Waals surface area contributed by atoms with E-state index in [0.717, 1.165) is 34.1 Å². The molecule has 1 atom stereocenters. The molecule has 0 saturated carbocycles. The lowest BCUT2D eigenvalue weighted by atomic mass is 9.81. The highest BCUT2D eigenvalue weighted by Crippen LogP contribution is 2.51. The number of benzene rings is 8. The summed E-state index contributed by atoms with van der Waals surface area (Å²) in [4.78, 5) is 11.6. The summed E-state index contributed by atoms with van der Waals surface area (Å²) >= 11 is 1.88. The van der Waals surface area contributed by atoms with Crippen molar-refractivity contribution in [3.8, 4) is 28.3 Å². The lowest BCUT2D eigenvalue weighted by Crippen LogP contribution is -2.15. The fraction of sp³-hybridized carbons (Fsp3) is 0.111. The first kappa shape index (κ1) is 32.5. The first-order valence-electron chi connectivity index (χ1n) is 20.4. The van der Waals surface area contributed by atoms with Gasteiger partial charge in [-0.1, -0.05) is 154 Å². The summed E-state index contributed by atoms with van der Waals surface area (Å²) in [6, 6.07) is 51.6. The van der Waals surface area contributed by atoms with Gasteiger partial charge < -0.3 is 0 Å². The Kier molecular flexibility index (Phi) is 6.43. The van der Waals surface area contributed by atoms with Gasteiger partial charge in [-0.3, -0.25) is 4.57 Å². The number of aromatic nitrogens is 3. The molecule has 3 heterocycles. The van der Waals surface area contributed by atoms with Gasteiger partial charge in [0, 0.05) is 48.2 Å². The van der Waals surface area contributed by atoms with Crippen molar-refractivity contribution in [1.29, 1.82) is 0 Å². The normalized spacial score (nSPS) is 15.7. The van der Waals surface area contributed by atoms with Crippen LogP contribution in [0.2, 0.25) is 0 Å². The van der Waals surface area contributed by atoms with Gasteiger partial charge in [0.15, 0.2) is 0 Å². The molecule has 3 aromatic heterocycles. The van der Waals surface area contributed by atoms with Crippen LogP contribution in [0, 0.1) is 5.92 Å². The Morgan fingerprint density at radius 2 is 1.28 bits per heavy atom.